The van der Waals surface area contributed by atoms with Crippen molar-refractivity contribution in [1.82, 2.24) is 0 Å². The molecule has 0 N–H and O–H groups in total. The molecular weight excluding hydrogens is 715 g/mol. The molecule has 1 aliphatic carbocycles. The van der Waals surface area contributed by atoms with Gasteiger partial charge in [0, 0.05) is 28.2 Å². The fourth-order valence-corrected chi connectivity index (χ4v) is 9.34. The van der Waals surface area contributed by atoms with Gasteiger partial charge in [-0.25, -0.2) is 0 Å². The van der Waals surface area contributed by atoms with E-state index in [-0.39, 0.29) is 10.8 Å². The van der Waals surface area contributed by atoms with Crippen LogP contribution in [-0.2, 0) is 16.2 Å². The molecule has 8 aromatic carbocycles. The van der Waals surface area contributed by atoms with Crippen molar-refractivity contribution in [2.45, 2.75) is 57.8 Å². The van der Waals surface area contributed by atoms with Crippen molar-refractivity contribution in [3.8, 4) is 44.9 Å². The van der Waals surface area contributed by atoms with Crippen molar-refractivity contribution in [1.29, 1.82) is 0 Å². The summed E-state index contributed by atoms with van der Waals surface area (Å²) in [7, 11) is 0. The second kappa shape index (κ2) is 13.7. The molecule has 2 nitrogen and oxygen atoms in total. The standard InChI is InChI=1S/C57H49NO/c1-55(2,3)42-26-31-47-48-32-27-43(56(4,5)6)36-51(48)57(50(47)35-42)49-22-13-14-23-53(49)59-54-33-30-46(37-52(54)57)58(44-28-24-40(25-29-44)38-16-9-7-10-17-38)45-21-15-20-41(34-45)39-18-11-8-12-19-39/h7-37H,1-6H3. The number of ether oxygens (including phenoxy) is 1. The molecule has 1 spiro atoms. The lowest BCUT2D eigenvalue weighted by molar-refractivity contribution is 0.436. The van der Waals surface area contributed by atoms with Crippen molar-refractivity contribution in [2.24, 2.45) is 0 Å². The molecule has 10 rings (SSSR count). The minimum absolute atomic E-state index is 0.0383. The van der Waals surface area contributed by atoms with E-state index in [4.69, 9.17) is 4.74 Å². The lowest BCUT2D eigenvalue weighted by Crippen LogP contribution is -2.33. The van der Waals surface area contributed by atoms with Gasteiger partial charge in [-0.1, -0.05) is 181 Å². The van der Waals surface area contributed by atoms with E-state index in [1.165, 1.54) is 61.2 Å². The highest BCUT2D eigenvalue weighted by molar-refractivity contribution is 5.91. The SMILES string of the molecule is CC(C)(C)c1ccc2c(c1)C1(c3ccccc3Oc3ccc(N(c4ccc(-c5ccccc5)cc4)c4cccc(-c5ccccc5)c4)cc31)c1cc(C(C)(C)C)ccc1-2. The average molecular weight is 764 g/mol. The molecular formula is C57H49NO. The first-order chi connectivity index (χ1) is 28.5. The van der Waals surface area contributed by atoms with E-state index in [9.17, 15) is 0 Å². The molecule has 0 saturated heterocycles. The van der Waals surface area contributed by atoms with Crippen molar-refractivity contribution in [3.63, 3.8) is 0 Å². The summed E-state index contributed by atoms with van der Waals surface area (Å²) in [6.45, 7) is 13.9. The summed E-state index contributed by atoms with van der Waals surface area (Å²) in [6, 6.07) is 69.1. The summed E-state index contributed by atoms with van der Waals surface area (Å²) >= 11 is 0. The van der Waals surface area contributed by atoms with Gasteiger partial charge in [-0.3, -0.25) is 0 Å². The molecule has 8 aromatic rings. The van der Waals surface area contributed by atoms with Gasteiger partial charge in [0.2, 0.25) is 0 Å². The van der Waals surface area contributed by atoms with Gasteiger partial charge in [-0.05, 0) is 115 Å². The van der Waals surface area contributed by atoms with Gasteiger partial charge in [0.1, 0.15) is 11.5 Å². The average Bonchev–Trinajstić information content (AvgIpc) is 3.54. The van der Waals surface area contributed by atoms with Crippen LogP contribution in [0.1, 0.15) is 74.9 Å². The summed E-state index contributed by atoms with van der Waals surface area (Å²) in [6.07, 6.45) is 0. The predicted octanol–water partition coefficient (Wildman–Crippen LogP) is 15.6. The van der Waals surface area contributed by atoms with Gasteiger partial charge in [-0.15, -0.1) is 0 Å². The number of fused-ring (bicyclic) bond motifs is 9. The first-order valence-electron chi connectivity index (χ1n) is 20.8. The van der Waals surface area contributed by atoms with Gasteiger partial charge >= 0.3 is 0 Å². The molecule has 0 radical (unpaired) electrons. The number of hydrogen-bond acceptors (Lipinski definition) is 2. The number of nitrogens with zero attached hydrogens (tertiary/aromatic N) is 1. The van der Waals surface area contributed by atoms with E-state index < -0.39 is 5.41 Å². The smallest absolute Gasteiger partial charge is 0.132 e. The zero-order valence-corrected chi connectivity index (χ0v) is 34.8. The Labute approximate surface area is 349 Å². The molecule has 1 aliphatic heterocycles. The van der Waals surface area contributed by atoms with E-state index in [0.717, 1.165) is 34.1 Å². The second-order valence-electron chi connectivity index (χ2n) is 18.2. The molecule has 0 atom stereocenters. The lowest BCUT2D eigenvalue weighted by atomic mass is 9.65. The molecule has 0 amide bonds. The normalized spacial score (nSPS) is 13.5. The van der Waals surface area contributed by atoms with Gasteiger partial charge < -0.3 is 9.64 Å². The van der Waals surface area contributed by atoms with Crippen LogP contribution in [0.2, 0.25) is 0 Å². The highest BCUT2D eigenvalue weighted by Crippen LogP contribution is 2.63. The fourth-order valence-electron chi connectivity index (χ4n) is 9.34. The number of hydrogen-bond donors (Lipinski definition) is 0. The zero-order valence-electron chi connectivity index (χ0n) is 34.8. The maximum Gasteiger partial charge on any atom is 0.132 e. The monoisotopic (exact) mass is 763 g/mol. The van der Waals surface area contributed by atoms with Gasteiger partial charge in [0.15, 0.2) is 0 Å². The minimum Gasteiger partial charge on any atom is -0.457 e. The Kier molecular flexibility index (Phi) is 8.54. The number of para-hydroxylation sites is 1. The Balaban J connectivity index is 1.25. The van der Waals surface area contributed by atoms with E-state index in [0.29, 0.717) is 0 Å². The third kappa shape index (κ3) is 6.09. The van der Waals surface area contributed by atoms with Crippen LogP contribution in [-0.4, -0.2) is 0 Å². The molecule has 0 saturated carbocycles. The maximum absolute atomic E-state index is 6.96. The molecule has 288 valence electrons. The van der Waals surface area contributed by atoms with Gasteiger partial charge in [0.05, 0.1) is 5.41 Å². The van der Waals surface area contributed by atoms with Crippen LogP contribution in [0, 0.1) is 0 Å². The summed E-state index contributed by atoms with van der Waals surface area (Å²) in [5.41, 5.74) is 17.4. The lowest BCUT2D eigenvalue weighted by Gasteiger charge is -2.41. The van der Waals surface area contributed by atoms with Crippen molar-refractivity contribution < 1.29 is 4.74 Å². The van der Waals surface area contributed by atoms with E-state index in [2.05, 4.69) is 234 Å². The van der Waals surface area contributed by atoms with Crippen LogP contribution in [0.3, 0.4) is 0 Å². The topological polar surface area (TPSA) is 12.5 Å². The van der Waals surface area contributed by atoms with Crippen LogP contribution < -0.4 is 9.64 Å². The van der Waals surface area contributed by atoms with Crippen molar-refractivity contribution in [3.05, 3.63) is 221 Å². The number of benzene rings is 8. The summed E-state index contributed by atoms with van der Waals surface area (Å²) < 4.78 is 6.96. The molecule has 0 aromatic heterocycles. The Morgan fingerprint density at radius 1 is 0.356 bits per heavy atom. The van der Waals surface area contributed by atoms with Gasteiger partial charge in [0.25, 0.3) is 0 Å². The van der Waals surface area contributed by atoms with E-state index in [1.807, 2.05) is 0 Å². The quantitative estimate of drug-likeness (QED) is 0.173. The second-order valence-corrected chi connectivity index (χ2v) is 18.2. The molecule has 0 bridgehead atoms. The molecule has 0 unspecified atom stereocenters. The number of rotatable bonds is 5. The van der Waals surface area contributed by atoms with Crippen LogP contribution >= 0.6 is 0 Å². The van der Waals surface area contributed by atoms with Crippen molar-refractivity contribution >= 4 is 17.1 Å². The van der Waals surface area contributed by atoms with Crippen molar-refractivity contribution in [2.75, 3.05) is 4.90 Å². The largest absolute Gasteiger partial charge is 0.457 e. The van der Waals surface area contributed by atoms with Gasteiger partial charge in [-0.2, -0.15) is 0 Å². The highest BCUT2D eigenvalue weighted by Gasteiger charge is 2.52. The summed E-state index contributed by atoms with van der Waals surface area (Å²) in [5, 5.41) is 0. The maximum atomic E-state index is 6.96. The third-order valence-electron chi connectivity index (χ3n) is 12.4. The first-order valence-corrected chi connectivity index (χ1v) is 20.8. The zero-order chi connectivity index (χ0) is 40.5. The minimum atomic E-state index is -0.623. The Bertz CT molecular complexity index is 2790. The van der Waals surface area contributed by atoms with E-state index in [1.54, 1.807) is 0 Å². The molecule has 2 heteroatoms. The molecule has 59 heavy (non-hydrogen) atoms. The fraction of sp³-hybridized carbons (Fsp3) is 0.158. The first kappa shape index (κ1) is 36.7. The number of anilines is 3. The molecule has 1 heterocycles. The van der Waals surface area contributed by atoms with Crippen LogP contribution in [0.5, 0.6) is 11.5 Å². The Hall–Kier alpha value is -6.64. The molecule has 0 fully saturated rings. The van der Waals surface area contributed by atoms with Crippen LogP contribution in [0.4, 0.5) is 17.1 Å². The summed E-state index contributed by atoms with van der Waals surface area (Å²) in [5.74, 6) is 1.78. The van der Waals surface area contributed by atoms with E-state index >= 15 is 0 Å². The third-order valence-corrected chi connectivity index (χ3v) is 12.4. The Morgan fingerprint density at radius 2 is 0.847 bits per heavy atom. The Morgan fingerprint density at radius 3 is 1.46 bits per heavy atom. The van der Waals surface area contributed by atoms with Crippen LogP contribution in [0.15, 0.2) is 188 Å². The highest BCUT2D eigenvalue weighted by atomic mass is 16.5. The predicted molar refractivity (Wildman–Crippen MR) is 247 cm³/mol. The molecule has 2 aliphatic rings. The summed E-state index contributed by atoms with van der Waals surface area (Å²) in [4.78, 5) is 2.41. The van der Waals surface area contributed by atoms with Crippen LogP contribution in [0.25, 0.3) is 33.4 Å².